The second-order valence-corrected chi connectivity index (χ2v) is 10.6. The number of carbonyl (C=O) groups is 2. The van der Waals surface area contributed by atoms with Gasteiger partial charge in [-0.15, -0.1) is 0 Å². The van der Waals surface area contributed by atoms with E-state index in [9.17, 15) is 14.7 Å². The average Bonchev–Trinajstić information content (AvgIpc) is 3.14. The molecule has 0 bridgehead atoms. The molecule has 0 radical (unpaired) electrons. The van der Waals surface area contributed by atoms with Crippen LogP contribution in [-0.4, -0.2) is 35.4 Å². The zero-order valence-corrected chi connectivity index (χ0v) is 23.0. The summed E-state index contributed by atoms with van der Waals surface area (Å²) in [5.41, 5.74) is 2.98. The standard InChI is InChI=1S/C31H32ClNO5/c1-6-38-25-17-21(11-16-24(25)32)28(34)26-27(20-9-12-22(13-10-20)31(2,3)4)33(30(36)29(26)35)18-19-7-14-23(37-5)15-8-19/h7-17,27,34H,6,18H2,1-5H3/b28-26-. The molecule has 3 aromatic rings. The molecule has 1 N–H and O–H groups in total. The third-order valence-electron chi connectivity index (χ3n) is 6.65. The largest absolute Gasteiger partial charge is 0.507 e. The fraction of sp³-hybridized carbons (Fsp3) is 0.290. The quantitative estimate of drug-likeness (QED) is 0.208. The van der Waals surface area contributed by atoms with E-state index in [0.717, 1.165) is 16.7 Å². The molecule has 0 aromatic heterocycles. The van der Waals surface area contributed by atoms with Gasteiger partial charge in [0.2, 0.25) is 0 Å². The van der Waals surface area contributed by atoms with Crippen LogP contribution in [0.15, 0.2) is 72.3 Å². The molecular weight excluding hydrogens is 502 g/mol. The topological polar surface area (TPSA) is 76.1 Å². The Hall–Kier alpha value is -3.77. The summed E-state index contributed by atoms with van der Waals surface area (Å²) < 4.78 is 10.8. The number of aliphatic hydroxyl groups excluding tert-OH is 1. The number of Topliss-reactive ketones (excluding diaryl/α,β-unsaturated/α-hetero) is 1. The van der Waals surface area contributed by atoms with Gasteiger partial charge in [-0.3, -0.25) is 9.59 Å². The van der Waals surface area contributed by atoms with Crippen LogP contribution in [-0.2, 0) is 21.5 Å². The van der Waals surface area contributed by atoms with Crippen LogP contribution >= 0.6 is 11.6 Å². The average molecular weight is 534 g/mol. The summed E-state index contributed by atoms with van der Waals surface area (Å²) in [6, 6.07) is 19.2. The summed E-state index contributed by atoms with van der Waals surface area (Å²) in [7, 11) is 1.59. The second-order valence-electron chi connectivity index (χ2n) is 10.2. The zero-order chi connectivity index (χ0) is 27.6. The fourth-order valence-electron chi connectivity index (χ4n) is 4.55. The summed E-state index contributed by atoms with van der Waals surface area (Å²) in [6.45, 7) is 8.75. The van der Waals surface area contributed by atoms with E-state index >= 15 is 0 Å². The number of carbonyl (C=O) groups excluding carboxylic acids is 2. The van der Waals surface area contributed by atoms with Crippen molar-refractivity contribution in [3.8, 4) is 11.5 Å². The summed E-state index contributed by atoms with van der Waals surface area (Å²) in [5.74, 6) is -0.613. The molecule has 1 fully saturated rings. The van der Waals surface area contributed by atoms with Crippen molar-refractivity contribution < 1.29 is 24.2 Å². The summed E-state index contributed by atoms with van der Waals surface area (Å²) in [6.07, 6.45) is 0. The first-order chi connectivity index (χ1) is 18.0. The summed E-state index contributed by atoms with van der Waals surface area (Å²) >= 11 is 6.24. The third kappa shape index (κ3) is 5.41. The van der Waals surface area contributed by atoms with Gasteiger partial charge < -0.3 is 19.5 Å². The van der Waals surface area contributed by atoms with Crippen LogP contribution in [0.5, 0.6) is 11.5 Å². The summed E-state index contributed by atoms with van der Waals surface area (Å²) in [5, 5.41) is 11.8. The van der Waals surface area contributed by atoms with Crippen molar-refractivity contribution in [1.82, 2.24) is 4.90 Å². The number of halogens is 1. The number of likely N-dealkylation sites (tertiary alicyclic amines) is 1. The Bertz CT molecular complexity index is 1370. The molecule has 0 saturated carbocycles. The lowest BCUT2D eigenvalue weighted by Gasteiger charge is -2.26. The molecule has 1 unspecified atom stereocenters. The van der Waals surface area contributed by atoms with Gasteiger partial charge in [0.1, 0.15) is 17.3 Å². The molecule has 4 rings (SSSR count). The number of ether oxygens (including phenoxy) is 2. The lowest BCUT2D eigenvalue weighted by molar-refractivity contribution is -0.140. The van der Waals surface area contributed by atoms with Crippen LogP contribution in [0.2, 0.25) is 5.02 Å². The first-order valence-corrected chi connectivity index (χ1v) is 12.9. The van der Waals surface area contributed by atoms with Crippen molar-refractivity contribution in [2.24, 2.45) is 0 Å². The highest BCUT2D eigenvalue weighted by atomic mass is 35.5. The molecule has 1 aliphatic heterocycles. The van der Waals surface area contributed by atoms with Crippen molar-refractivity contribution in [2.75, 3.05) is 13.7 Å². The summed E-state index contributed by atoms with van der Waals surface area (Å²) in [4.78, 5) is 28.3. The van der Waals surface area contributed by atoms with Gasteiger partial charge in [0.15, 0.2) is 0 Å². The highest BCUT2D eigenvalue weighted by Crippen LogP contribution is 2.41. The van der Waals surface area contributed by atoms with E-state index in [1.165, 1.54) is 4.90 Å². The van der Waals surface area contributed by atoms with Crippen molar-refractivity contribution in [3.63, 3.8) is 0 Å². The number of hydrogen-bond acceptors (Lipinski definition) is 5. The normalized spacial score (nSPS) is 17.1. The van der Waals surface area contributed by atoms with Gasteiger partial charge in [0, 0.05) is 12.1 Å². The molecule has 1 amide bonds. The van der Waals surface area contributed by atoms with E-state index in [1.54, 1.807) is 25.3 Å². The maximum atomic E-state index is 13.4. The van der Waals surface area contributed by atoms with E-state index < -0.39 is 17.7 Å². The lowest BCUT2D eigenvalue weighted by atomic mass is 9.85. The molecule has 0 aliphatic carbocycles. The molecule has 7 heteroatoms. The van der Waals surface area contributed by atoms with Crippen LogP contribution in [0, 0.1) is 0 Å². The van der Waals surface area contributed by atoms with Crippen molar-refractivity contribution >= 4 is 29.1 Å². The minimum Gasteiger partial charge on any atom is -0.507 e. The maximum Gasteiger partial charge on any atom is 0.295 e. The molecule has 1 heterocycles. The Balaban J connectivity index is 1.84. The van der Waals surface area contributed by atoms with Crippen molar-refractivity contribution in [1.29, 1.82) is 0 Å². The maximum absolute atomic E-state index is 13.4. The minimum atomic E-state index is -0.780. The number of benzene rings is 3. The Morgan fingerprint density at radius 1 is 1.00 bits per heavy atom. The number of methoxy groups -OCH3 is 1. The molecule has 1 atom stereocenters. The van der Waals surface area contributed by atoms with E-state index in [1.807, 2.05) is 55.5 Å². The van der Waals surface area contributed by atoms with E-state index in [0.29, 0.717) is 28.7 Å². The first-order valence-electron chi connectivity index (χ1n) is 12.5. The van der Waals surface area contributed by atoms with Gasteiger partial charge in [0.05, 0.1) is 30.4 Å². The number of amides is 1. The van der Waals surface area contributed by atoms with Gasteiger partial charge in [-0.25, -0.2) is 0 Å². The molecule has 1 aliphatic rings. The first kappa shape index (κ1) is 27.3. The molecular formula is C31H32ClNO5. The smallest absolute Gasteiger partial charge is 0.295 e. The van der Waals surface area contributed by atoms with Crippen LogP contribution < -0.4 is 9.47 Å². The highest BCUT2D eigenvalue weighted by Gasteiger charge is 2.46. The molecule has 38 heavy (non-hydrogen) atoms. The molecule has 6 nitrogen and oxygen atoms in total. The predicted molar refractivity (Wildman–Crippen MR) is 149 cm³/mol. The number of aliphatic hydroxyl groups is 1. The Kier molecular flexibility index (Phi) is 7.83. The molecule has 1 saturated heterocycles. The predicted octanol–water partition coefficient (Wildman–Crippen LogP) is 6.67. The SMILES string of the molecule is CCOc1cc(/C(O)=C2/C(=O)C(=O)N(Cc3ccc(OC)cc3)C2c2ccc(C(C)(C)C)cc2)ccc1Cl. The Morgan fingerprint density at radius 3 is 2.24 bits per heavy atom. The zero-order valence-electron chi connectivity index (χ0n) is 22.2. The molecule has 198 valence electrons. The van der Waals surface area contributed by atoms with Crippen LogP contribution in [0.3, 0.4) is 0 Å². The van der Waals surface area contributed by atoms with E-state index in [2.05, 4.69) is 20.8 Å². The number of rotatable bonds is 7. The van der Waals surface area contributed by atoms with Crippen molar-refractivity contribution in [2.45, 2.75) is 45.7 Å². The fourth-order valence-corrected chi connectivity index (χ4v) is 4.73. The Labute approximate surface area is 228 Å². The Morgan fingerprint density at radius 2 is 1.66 bits per heavy atom. The van der Waals surface area contributed by atoms with Gasteiger partial charge >= 0.3 is 0 Å². The lowest BCUT2D eigenvalue weighted by Crippen LogP contribution is -2.29. The van der Waals surface area contributed by atoms with Gasteiger partial charge in [0.25, 0.3) is 11.7 Å². The van der Waals surface area contributed by atoms with Crippen LogP contribution in [0.1, 0.15) is 56.0 Å². The van der Waals surface area contributed by atoms with Crippen molar-refractivity contribution in [3.05, 3.63) is 99.6 Å². The number of ketones is 1. The van der Waals surface area contributed by atoms with Gasteiger partial charge in [-0.05, 0) is 59.4 Å². The minimum absolute atomic E-state index is 0.0248. The highest BCUT2D eigenvalue weighted by molar-refractivity contribution is 6.46. The van der Waals surface area contributed by atoms with E-state index in [-0.39, 0.29) is 23.3 Å². The van der Waals surface area contributed by atoms with Crippen LogP contribution in [0.4, 0.5) is 0 Å². The second kappa shape index (κ2) is 10.9. The third-order valence-corrected chi connectivity index (χ3v) is 6.96. The molecule has 3 aromatic carbocycles. The molecule has 0 spiro atoms. The van der Waals surface area contributed by atoms with Gasteiger partial charge in [-0.1, -0.05) is 68.8 Å². The van der Waals surface area contributed by atoms with Crippen LogP contribution in [0.25, 0.3) is 5.76 Å². The van der Waals surface area contributed by atoms with E-state index in [4.69, 9.17) is 21.1 Å². The van der Waals surface area contributed by atoms with Gasteiger partial charge in [-0.2, -0.15) is 0 Å². The number of nitrogens with zero attached hydrogens (tertiary/aromatic N) is 1. The number of hydrogen-bond donors (Lipinski definition) is 1. The monoisotopic (exact) mass is 533 g/mol.